The molecule has 1 aliphatic heterocycles. The number of benzene rings is 1. The lowest BCUT2D eigenvalue weighted by Crippen LogP contribution is -2.35. The van der Waals surface area contributed by atoms with E-state index in [2.05, 4.69) is 21.2 Å². The van der Waals surface area contributed by atoms with Gasteiger partial charge in [0.2, 0.25) is 0 Å². The van der Waals surface area contributed by atoms with Crippen molar-refractivity contribution < 1.29 is 24.2 Å². The van der Waals surface area contributed by atoms with E-state index in [0.717, 1.165) is 19.4 Å². The number of hydrogen-bond acceptors (Lipinski definition) is 4. The van der Waals surface area contributed by atoms with Crippen molar-refractivity contribution in [3.8, 4) is 5.75 Å². The lowest BCUT2D eigenvalue weighted by atomic mass is 10.2. The lowest BCUT2D eigenvalue weighted by Gasteiger charge is -2.12. The van der Waals surface area contributed by atoms with Crippen LogP contribution in [0.15, 0.2) is 22.7 Å². The monoisotopic (exact) mass is 357 g/mol. The quantitative estimate of drug-likeness (QED) is 0.811. The highest BCUT2D eigenvalue weighted by Gasteiger charge is 2.16. The van der Waals surface area contributed by atoms with Crippen molar-refractivity contribution in [1.82, 2.24) is 5.32 Å². The zero-order chi connectivity index (χ0) is 15.2. The van der Waals surface area contributed by atoms with Crippen LogP contribution >= 0.6 is 15.9 Å². The number of nitrogens with one attached hydrogen (secondary N) is 1. The second kappa shape index (κ2) is 7.42. The smallest absolute Gasteiger partial charge is 0.335 e. The normalized spacial score (nSPS) is 17.5. The van der Waals surface area contributed by atoms with Crippen LogP contribution in [0.1, 0.15) is 23.2 Å². The average molecular weight is 358 g/mol. The standard InChI is InChI=1S/C14H16BrNO5/c15-11-4-3-9(14(18)19)6-12(11)21-8-13(17)16-7-10-2-1-5-20-10/h3-4,6,10H,1-2,5,7-8H2,(H,16,17)(H,18,19). The first-order chi connectivity index (χ1) is 10.1. The fourth-order valence-electron chi connectivity index (χ4n) is 1.97. The van der Waals surface area contributed by atoms with Crippen molar-refractivity contribution in [2.75, 3.05) is 19.8 Å². The highest BCUT2D eigenvalue weighted by molar-refractivity contribution is 9.10. The minimum absolute atomic E-state index is 0.0797. The summed E-state index contributed by atoms with van der Waals surface area (Å²) in [6.45, 7) is 1.04. The first-order valence-corrected chi connectivity index (χ1v) is 7.39. The number of carboxylic acids is 1. The van der Waals surface area contributed by atoms with Gasteiger partial charge >= 0.3 is 5.97 Å². The van der Waals surface area contributed by atoms with Crippen molar-refractivity contribution in [3.63, 3.8) is 0 Å². The van der Waals surface area contributed by atoms with E-state index in [1.165, 1.54) is 12.1 Å². The van der Waals surface area contributed by atoms with Gasteiger partial charge < -0.3 is 19.9 Å². The second-order valence-corrected chi connectivity index (χ2v) is 5.53. The number of amides is 1. The largest absolute Gasteiger partial charge is 0.483 e. The molecular weight excluding hydrogens is 342 g/mol. The fourth-order valence-corrected chi connectivity index (χ4v) is 2.34. The summed E-state index contributed by atoms with van der Waals surface area (Å²) in [5.41, 5.74) is 0.105. The van der Waals surface area contributed by atoms with Crippen LogP contribution in [-0.4, -0.2) is 42.8 Å². The zero-order valence-electron chi connectivity index (χ0n) is 11.3. The van der Waals surface area contributed by atoms with Crippen LogP contribution in [0.25, 0.3) is 0 Å². The third-order valence-electron chi connectivity index (χ3n) is 3.09. The van der Waals surface area contributed by atoms with Crippen molar-refractivity contribution in [2.24, 2.45) is 0 Å². The van der Waals surface area contributed by atoms with E-state index in [9.17, 15) is 9.59 Å². The summed E-state index contributed by atoms with van der Waals surface area (Å²) in [4.78, 5) is 22.6. The Kier molecular flexibility index (Phi) is 5.58. The predicted molar refractivity (Wildman–Crippen MR) is 78.6 cm³/mol. The molecule has 2 N–H and O–H groups in total. The molecule has 6 nitrogen and oxygen atoms in total. The molecule has 0 aliphatic carbocycles. The van der Waals surface area contributed by atoms with E-state index >= 15 is 0 Å². The maximum atomic E-state index is 11.7. The van der Waals surface area contributed by atoms with Crippen molar-refractivity contribution in [1.29, 1.82) is 0 Å². The van der Waals surface area contributed by atoms with Gasteiger partial charge in [-0.25, -0.2) is 4.79 Å². The minimum Gasteiger partial charge on any atom is -0.483 e. The van der Waals surface area contributed by atoms with Gasteiger partial charge in [-0.05, 0) is 47.0 Å². The molecule has 1 aromatic carbocycles. The van der Waals surface area contributed by atoms with Gasteiger partial charge in [0.25, 0.3) is 5.91 Å². The summed E-state index contributed by atoms with van der Waals surface area (Å²) in [5.74, 6) is -0.990. The van der Waals surface area contributed by atoms with Crippen LogP contribution in [0.3, 0.4) is 0 Å². The Morgan fingerprint density at radius 3 is 2.95 bits per heavy atom. The Balaban J connectivity index is 1.82. The Hall–Kier alpha value is -1.60. The van der Waals surface area contributed by atoms with E-state index in [1.807, 2.05) is 0 Å². The molecular formula is C14H16BrNO5. The summed E-state index contributed by atoms with van der Waals surface area (Å²) < 4.78 is 11.3. The van der Waals surface area contributed by atoms with Crippen LogP contribution < -0.4 is 10.1 Å². The Labute approximate surface area is 130 Å². The Morgan fingerprint density at radius 2 is 2.29 bits per heavy atom. The molecule has 1 atom stereocenters. The molecule has 114 valence electrons. The van der Waals surface area contributed by atoms with Gasteiger partial charge in [0, 0.05) is 13.2 Å². The van der Waals surface area contributed by atoms with E-state index in [4.69, 9.17) is 14.6 Å². The van der Waals surface area contributed by atoms with Gasteiger partial charge in [-0.3, -0.25) is 4.79 Å². The molecule has 0 bridgehead atoms. The van der Waals surface area contributed by atoms with Crippen LogP contribution in [0.5, 0.6) is 5.75 Å². The summed E-state index contributed by atoms with van der Waals surface area (Å²) in [6.07, 6.45) is 2.05. The summed E-state index contributed by atoms with van der Waals surface area (Å²) in [5, 5.41) is 11.7. The van der Waals surface area contributed by atoms with Crippen molar-refractivity contribution >= 4 is 27.8 Å². The van der Waals surface area contributed by atoms with Gasteiger partial charge in [-0.1, -0.05) is 0 Å². The van der Waals surface area contributed by atoms with Gasteiger partial charge in [0.1, 0.15) is 5.75 Å². The number of carboxylic acid groups (broad SMARTS) is 1. The lowest BCUT2D eigenvalue weighted by molar-refractivity contribution is -0.123. The van der Waals surface area contributed by atoms with Gasteiger partial charge in [-0.2, -0.15) is 0 Å². The number of hydrogen-bond donors (Lipinski definition) is 2. The summed E-state index contributed by atoms with van der Waals surface area (Å²) >= 11 is 3.25. The van der Waals surface area contributed by atoms with E-state index < -0.39 is 5.97 Å². The molecule has 1 amide bonds. The molecule has 1 fully saturated rings. The molecule has 1 aromatic rings. The first-order valence-electron chi connectivity index (χ1n) is 6.60. The molecule has 1 heterocycles. The molecule has 0 saturated carbocycles. The van der Waals surface area contributed by atoms with Crippen molar-refractivity contribution in [2.45, 2.75) is 18.9 Å². The van der Waals surface area contributed by atoms with Gasteiger partial charge in [-0.15, -0.1) is 0 Å². The molecule has 0 aromatic heterocycles. The zero-order valence-corrected chi connectivity index (χ0v) is 12.9. The fraction of sp³-hybridized carbons (Fsp3) is 0.429. The highest BCUT2D eigenvalue weighted by atomic mass is 79.9. The summed E-state index contributed by atoms with van der Waals surface area (Å²) in [6, 6.07) is 4.40. The maximum absolute atomic E-state index is 11.7. The highest BCUT2D eigenvalue weighted by Crippen LogP contribution is 2.26. The van der Waals surface area contributed by atoms with Gasteiger partial charge in [0.15, 0.2) is 6.61 Å². The minimum atomic E-state index is -1.05. The third-order valence-corrected chi connectivity index (χ3v) is 3.74. The SMILES string of the molecule is O=C(COc1cc(C(=O)O)ccc1Br)NCC1CCCO1. The average Bonchev–Trinajstić information content (AvgIpc) is 2.97. The van der Waals surface area contributed by atoms with Crippen LogP contribution in [-0.2, 0) is 9.53 Å². The number of ether oxygens (including phenoxy) is 2. The first kappa shape index (κ1) is 15.8. The topological polar surface area (TPSA) is 84.9 Å². The Morgan fingerprint density at radius 1 is 1.48 bits per heavy atom. The number of aromatic carboxylic acids is 1. The summed E-state index contributed by atoms with van der Waals surface area (Å²) in [7, 11) is 0. The number of rotatable bonds is 6. The molecule has 2 rings (SSSR count). The number of carbonyl (C=O) groups excluding carboxylic acids is 1. The molecule has 1 saturated heterocycles. The van der Waals surface area contributed by atoms with Gasteiger partial charge in [0.05, 0.1) is 16.1 Å². The molecule has 0 spiro atoms. The molecule has 21 heavy (non-hydrogen) atoms. The van der Waals surface area contributed by atoms with Crippen LogP contribution in [0.2, 0.25) is 0 Å². The third kappa shape index (κ3) is 4.71. The van der Waals surface area contributed by atoms with Crippen LogP contribution in [0.4, 0.5) is 0 Å². The maximum Gasteiger partial charge on any atom is 0.335 e. The molecule has 1 aliphatic rings. The van der Waals surface area contributed by atoms with Crippen molar-refractivity contribution in [3.05, 3.63) is 28.2 Å². The van der Waals surface area contributed by atoms with E-state index in [1.54, 1.807) is 6.07 Å². The second-order valence-electron chi connectivity index (χ2n) is 4.68. The van der Waals surface area contributed by atoms with E-state index in [-0.39, 0.29) is 24.2 Å². The Bertz CT molecular complexity index is 528. The predicted octanol–water partition coefficient (Wildman–Crippen LogP) is 1.82. The van der Waals surface area contributed by atoms with E-state index in [0.29, 0.717) is 16.8 Å². The molecule has 1 unspecified atom stereocenters. The number of halogens is 1. The molecule has 7 heteroatoms. The number of carbonyl (C=O) groups is 2. The molecule has 0 radical (unpaired) electrons. The van der Waals surface area contributed by atoms with Crippen LogP contribution in [0, 0.1) is 0 Å².